The number of carbonyl (C=O) groups is 3. The van der Waals surface area contributed by atoms with Crippen LogP contribution in [0.5, 0.6) is 11.5 Å². The van der Waals surface area contributed by atoms with Crippen LogP contribution in [-0.4, -0.2) is 31.1 Å². The molecule has 1 saturated heterocycles. The summed E-state index contributed by atoms with van der Waals surface area (Å²) in [6.45, 7) is 6.64. The van der Waals surface area contributed by atoms with Gasteiger partial charge in [-0.3, -0.25) is 14.9 Å². The molecule has 7 nitrogen and oxygen atoms in total. The van der Waals surface area contributed by atoms with Gasteiger partial charge in [0.15, 0.2) is 11.5 Å². The van der Waals surface area contributed by atoms with Crippen molar-refractivity contribution in [2.75, 3.05) is 18.1 Å². The van der Waals surface area contributed by atoms with E-state index in [0.29, 0.717) is 41.5 Å². The van der Waals surface area contributed by atoms with Crippen LogP contribution in [0.4, 0.5) is 10.5 Å². The summed E-state index contributed by atoms with van der Waals surface area (Å²) in [5, 5.41) is 2.25. The van der Waals surface area contributed by atoms with Gasteiger partial charge in [0, 0.05) is 4.47 Å². The van der Waals surface area contributed by atoms with Crippen LogP contribution < -0.4 is 19.7 Å². The van der Waals surface area contributed by atoms with Crippen LogP contribution in [0.15, 0.2) is 40.4 Å². The Morgan fingerprint density at radius 1 is 1.12 bits per heavy atom. The Balaban J connectivity index is 2.03. The molecule has 9 heteroatoms. The number of ether oxygens (including phenoxy) is 2. The monoisotopic (exact) mass is 612 g/mol. The molecule has 1 heterocycles. The van der Waals surface area contributed by atoms with Crippen molar-refractivity contribution in [2.45, 2.75) is 27.2 Å². The lowest BCUT2D eigenvalue weighted by atomic mass is 10.1. The van der Waals surface area contributed by atoms with Crippen molar-refractivity contribution >= 4 is 68.1 Å². The molecule has 1 N–H and O–H groups in total. The van der Waals surface area contributed by atoms with Crippen molar-refractivity contribution in [2.24, 2.45) is 0 Å². The molecule has 4 amide bonds. The molecule has 0 radical (unpaired) electrons. The molecule has 2 aromatic carbocycles. The van der Waals surface area contributed by atoms with Gasteiger partial charge < -0.3 is 9.47 Å². The number of carbonyl (C=O) groups excluding carboxylic acids is 3. The third-order valence-electron chi connectivity index (χ3n) is 4.59. The molecular weight excluding hydrogens is 591 g/mol. The highest BCUT2D eigenvalue weighted by atomic mass is 127. The molecule has 32 heavy (non-hydrogen) atoms. The summed E-state index contributed by atoms with van der Waals surface area (Å²) < 4.78 is 13.1. The summed E-state index contributed by atoms with van der Waals surface area (Å²) in [6, 6.07) is 7.91. The largest absolute Gasteiger partial charge is 0.490 e. The summed E-state index contributed by atoms with van der Waals surface area (Å²) >= 11 is 5.50. The van der Waals surface area contributed by atoms with Gasteiger partial charge in [-0.25, -0.2) is 9.69 Å². The highest BCUT2D eigenvalue weighted by Gasteiger charge is 2.37. The average molecular weight is 613 g/mol. The summed E-state index contributed by atoms with van der Waals surface area (Å²) in [6.07, 6.45) is 2.31. The summed E-state index contributed by atoms with van der Waals surface area (Å²) in [5.74, 6) is -0.285. The molecule has 2 aromatic rings. The fraction of sp³-hybridized carbons (Fsp3) is 0.261. The van der Waals surface area contributed by atoms with E-state index in [1.165, 1.54) is 6.08 Å². The van der Waals surface area contributed by atoms with Crippen molar-refractivity contribution in [3.8, 4) is 11.5 Å². The molecule has 168 valence electrons. The first-order chi connectivity index (χ1) is 15.3. The minimum Gasteiger partial charge on any atom is -0.490 e. The van der Waals surface area contributed by atoms with Gasteiger partial charge in [-0.05, 0) is 90.4 Å². The number of aryl methyl sites for hydroxylation is 1. The minimum atomic E-state index is -0.782. The molecule has 1 aliphatic heterocycles. The highest BCUT2D eigenvalue weighted by molar-refractivity contribution is 14.1. The maximum atomic E-state index is 13.2. The SMILES string of the molecule is CCCOc1c(I)cc(/C=C2/C(=O)NC(=O)N(c3ccc(Br)cc3C)C2=O)cc1OCC. The molecule has 0 bridgehead atoms. The van der Waals surface area contributed by atoms with Crippen LogP contribution in [0, 0.1) is 10.5 Å². The van der Waals surface area contributed by atoms with E-state index in [0.717, 1.165) is 19.4 Å². The van der Waals surface area contributed by atoms with Crippen LogP contribution >= 0.6 is 38.5 Å². The van der Waals surface area contributed by atoms with Crippen LogP contribution in [0.2, 0.25) is 0 Å². The molecule has 0 atom stereocenters. The van der Waals surface area contributed by atoms with E-state index in [-0.39, 0.29) is 5.57 Å². The summed E-state index contributed by atoms with van der Waals surface area (Å²) in [7, 11) is 0. The second-order valence-corrected chi connectivity index (χ2v) is 9.08. The van der Waals surface area contributed by atoms with E-state index in [2.05, 4.69) is 43.8 Å². The van der Waals surface area contributed by atoms with Crippen LogP contribution in [0.3, 0.4) is 0 Å². The van der Waals surface area contributed by atoms with Gasteiger partial charge in [0.05, 0.1) is 22.5 Å². The van der Waals surface area contributed by atoms with Gasteiger partial charge in [0.2, 0.25) is 0 Å². The number of halogens is 2. The lowest BCUT2D eigenvalue weighted by Gasteiger charge is -2.27. The Morgan fingerprint density at radius 2 is 1.88 bits per heavy atom. The number of anilines is 1. The van der Waals surface area contributed by atoms with Crippen molar-refractivity contribution in [1.82, 2.24) is 5.32 Å². The zero-order valence-corrected chi connectivity index (χ0v) is 21.6. The van der Waals surface area contributed by atoms with E-state index in [4.69, 9.17) is 9.47 Å². The number of rotatable bonds is 7. The maximum absolute atomic E-state index is 13.2. The summed E-state index contributed by atoms with van der Waals surface area (Å²) in [4.78, 5) is 39.2. The quantitative estimate of drug-likeness (QED) is 0.263. The third-order valence-corrected chi connectivity index (χ3v) is 5.89. The predicted octanol–water partition coefficient (Wildman–Crippen LogP) is 5.22. The predicted molar refractivity (Wildman–Crippen MR) is 134 cm³/mol. The second-order valence-electron chi connectivity index (χ2n) is 7.00. The molecule has 0 saturated carbocycles. The van der Waals surface area contributed by atoms with E-state index in [9.17, 15) is 14.4 Å². The molecule has 3 rings (SSSR count). The zero-order chi connectivity index (χ0) is 23.4. The van der Waals surface area contributed by atoms with Gasteiger partial charge in [-0.1, -0.05) is 22.9 Å². The lowest BCUT2D eigenvalue weighted by Crippen LogP contribution is -2.54. The van der Waals surface area contributed by atoms with E-state index >= 15 is 0 Å². The Morgan fingerprint density at radius 3 is 2.53 bits per heavy atom. The number of hydrogen-bond acceptors (Lipinski definition) is 5. The van der Waals surface area contributed by atoms with Crippen molar-refractivity contribution < 1.29 is 23.9 Å². The van der Waals surface area contributed by atoms with Crippen molar-refractivity contribution in [3.63, 3.8) is 0 Å². The molecule has 0 spiro atoms. The van der Waals surface area contributed by atoms with Gasteiger partial charge in [-0.15, -0.1) is 0 Å². The van der Waals surface area contributed by atoms with Crippen LogP contribution in [0.25, 0.3) is 6.08 Å². The van der Waals surface area contributed by atoms with Crippen molar-refractivity contribution in [1.29, 1.82) is 0 Å². The zero-order valence-electron chi connectivity index (χ0n) is 17.8. The fourth-order valence-corrected chi connectivity index (χ4v) is 4.45. The van der Waals surface area contributed by atoms with Crippen LogP contribution in [-0.2, 0) is 9.59 Å². The van der Waals surface area contributed by atoms with E-state index in [1.807, 2.05) is 13.8 Å². The first-order valence-electron chi connectivity index (χ1n) is 10.0. The summed E-state index contributed by atoms with van der Waals surface area (Å²) in [5.41, 5.74) is 1.55. The first-order valence-corrected chi connectivity index (χ1v) is 11.9. The second kappa shape index (κ2) is 10.5. The van der Waals surface area contributed by atoms with Gasteiger partial charge in [0.25, 0.3) is 11.8 Å². The Bertz CT molecular complexity index is 1120. The number of hydrogen-bond donors (Lipinski definition) is 1. The minimum absolute atomic E-state index is 0.146. The molecule has 1 aliphatic rings. The standard InChI is InChI=1S/C23H22BrIN2O5/c1-4-8-32-20-17(25)11-14(12-19(20)31-5-2)10-16-21(28)26-23(30)27(22(16)29)18-7-6-15(24)9-13(18)3/h6-7,9-12H,4-5,8H2,1-3H3,(H,26,28,30)/b16-10-. The molecule has 0 aromatic heterocycles. The fourth-order valence-electron chi connectivity index (χ4n) is 3.19. The molecule has 0 aliphatic carbocycles. The van der Waals surface area contributed by atoms with E-state index < -0.39 is 17.8 Å². The smallest absolute Gasteiger partial charge is 0.335 e. The van der Waals surface area contributed by atoms with Gasteiger partial charge in [0.1, 0.15) is 5.57 Å². The number of urea groups is 1. The van der Waals surface area contributed by atoms with Crippen molar-refractivity contribution in [3.05, 3.63) is 55.1 Å². The van der Waals surface area contributed by atoms with Gasteiger partial charge in [-0.2, -0.15) is 0 Å². The first kappa shape index (κ1) is 24.2. The molecular formula is C23H22BrIN2O5. The highest BCUT2D eigenvalue weighted by Crippen LogP contribution is 2.35. The van der Waals surface area contributed by atoms with E-state index in [1.54, 1.807) is 37.3 Å². The lowest BCUT2D eigenvalue weighted by molar-refractivity contribution is -0.122. The number of barbiturate groups is 1. The Hall–Kier alpha value is -2.40. The number of benzene rings is 2. The van der Waals surface area contributed by atoms with Crippen LogP contribution in [0.1, 0.15) is 31.4 Å². The normalized spacial score (nSPS) is 15.2. The Kier molecular flexibility index (Phi) is 7.94. The maximum Gasteiger partial charge on any atom is 0.335 e. The number of amides is 4. The molecule has 0 unspecified atom stereocenters. The third kappa shape index (κ3) is 5.15. The Labute approximate surface area is 208 Å². The number of nitrogens with zero attached hydrogens (tertiary/aromatic N) is 1. The average Bonchev–Trinajstić information content (AvgIpc) is 2.72. The molecule has 1 fully saturated rings. The number of nitrogens with one attached hydrogen (secondary N) is 1. The topological polar surface area (TPSA) is 84.9 Å². The van der Waals surface area contributed by atoms with Gasteiger partial charge >= 0.3 is 6.03 Å². The number of imide groups is 2.